The molecule has 192 valence electrons. The Labute approximate surface area is 215 Å². The molecule has 1 N–H and O–H groups in total. The fourth-order valence-corrected chi connectivity index (χ4v) is 5.09. The van der Waals surface area contributed by atoms with E-state index in [-0.39, 0.29) is 17.2 Å². The molecule has 8 heteroatoms. The van der Waals surface area contributed by atoms with Crippen LogP contribution in [0.3, 0.4) is 0 Å². The van der Waals surface area contributed by atoms with Crippen LogP contribution in [0.5, 0.6) is 0 Å². The number of para-hydroxylation sites is 1. The minimum absolute atomic E-state index is 0.0233. The van der Waals surface area contributed by atoms with E-state index in [1.54, 1.807) is 4.57 Å². The molecule has 0 radical (unpaired) electrons. The van der Waals surface area contributed by atoms with Crippen molar-refractivity contribution in [3.8, 4) is 11.3 Å². The predicted molar refractivity (Wildman–Crippen MR) is 147 cm³/mol. The van der Waals surface area contributed by atoms with Crippen LogP contribution >= 0.6 is 0 Å². The number of nitrogens with one attached hydrogen (secondary N) is 1. The summed E-state index contributed by atoms with van der Waals surface area (Å²) in [5.74, 6) is 0.0233. The molecule has 0 saturated carbocycles. The zero-order valence-electron chi connectivity index (χ0n) is 21.4. The van der Waals surface area contributed by atoms with Gasteiger partial charge in [0.1, 0.15) is 5.52 Å². The highest BCUT2D eigenvalue weighted by Gasteiger charge is 2.22. The Morgan fingerprint density at radius 2 is 1.49 bits per heavy atom. The van der Waals surface area contributed by atoms with Crippen LogP contribution in [0.1, 0.15) is 37.0 Å². The van der Waals surface area contributed by atoms with Crippen molar-refractivity contribution < 1.29 is 4.79 Å². The monoisotopic (exact) mass is 499 g/mol. The van der Waals surface area contributed by atoms with Gasteiger partial charge in [-0.2, -0.15) is 0 Å². The average Bonchev–Trinajstić information content (AvgIpc) is 3.39. The van der Waals surface area contributed by atoms with Gasteiger partial charge in [-0.1, -0.05) is 44.2 Å². The second-order valence-electron chi connectivity index (χ2n) is 9.53. The molecule has 0 aliphatic carbocycles. The van der Waals surface area contributed by atoms with Gasteiger partial charge in [-0.25, -0.2) is 4.79 Å². The summed E-state index contributed by atoms with van der Waals surface area (Å²) in [6.45, 7) is 7.86. The quantitative estimate of drug-likeness (QED) is 0.418. The van der Waals surface area contributed by atoms with Crippen molar-refractivity contribution in [3.63, 3.8) is 0 Å². The molecule has 8 nitrogen and oxygen atoms in total. The SMILES string of the molecule is CCCn1c(=O)c2[nH]c(-c3ccc(C(=O)N4CCN(c5ccccc5)CC4)cc3)cc2n(CCC)c1=O. The topological polar surface area (TPSA) is 83.3 Å². The molecule has 1 saturated heterocycles. The number of rotatable bonds is 7. The molecule has 5 rings (SSSR count). The van der Waals surface area contributed by atoms with E-state index < -0.39 is 0 Å². The van der Waals surface area contributed by atoms with Crippen molar-refractivity contribution in [3.05, 3.63) is 87.1 Å². The summed E-state index contributed by atoms with van der Waals surface area (Å²) in [5, 5.41) is 0. The third-order valence-electron chi connectivity index (χ3n) is 7.03. The molecule has 0 spiro atoms. The molecule has 37 heavy (non-hydrogen) atoms. The van der Waals surface area contributed by atoms with E-state index in [0.29, 0.717) is 49.2 Å². The van der Waals surface area contributed by atoms with Crippen LogP contribution < -0.4 is 16.1 Å². The molecular weight excluding hydrogens is 466 g/mol. The summed E-state index contributed by atoms with van der Waals surface area (Å²) in [4.78, 5) is 46.6. The van der Waals surface area contributed by atoms with Gasteiger partial charge < -0.3 is 14.8 Å². The van der Waals surface area contributed by atoms with Gasteiger partial charge in [-0.05, 0) is 48.7 Å². The maximum Gasteiger partial charge on any atom is 0.331 e. The molecule has 0 atom stereocenters. The van der Waals surface area contributed by atoms with Gasteiger partial charge in [-0.3, -0.25) is 18.7 Å². The van der Waals surface area contributed by atoms with Gasteiger partial charge in [-0.15, -0.1) is 0 Å². The van der Waals surface area contributed by atoms with E-state index in [0.717, 1.165) is 30.8 Å². The number of anilines is 1. The highest BCUT2D eigenvalue weighted by Crippen LogP contribution is 2.24. The summed E-state index contributed by atoms with van der Waals surface area (Å²) in [5.41, 5.74) is 3.94. The molecule has 0 bridgehead atoms. The van der Waals surface area contributed by atoms with Gasteiger partial charge >= 0.3 is 5.69 Å². The lowest BCUT2D eigenvalue weighted by Gasteiger charge is -2.36. The number of hydrogen-bond acceptors (Lipinski definition) is 4. The number of carbonyl (C=O) groups is 1. The number of aromatic amines is 1. The van der Waals surface area contributed by atoms with Gasteiger partial charge in [0.15, 0.2) is 0 Å². The minimum Gasteiger partial charge on any atom is -0.368 e. The molecule has 3 heterocycles. The van der Waals surface area contributed by atoms with Crippen LogP contribution in [0.15, 0.2) is 70.3 Å². The van der Waals surface area contributed by atoms with E-state index in [9.17, 15) is 14.4 Å². The number of aromatic nitrogens is 3. The van der Waals surface area contributed by atoms with Gasteiger partial charge in [0, 0.05) is 56.2 Å². The third kappa shape index (κ3) is 4.71. The van der Waals surface area contributed by atoms with Crippen molar-refractivity contribution in [2.45, 2.75) is 39.8 Å². The van der Waals surface area contributed by atoms with Crippen LogP contribution in [0.2, 0.25) is 0 Å². The van der Waals surface area contributed by atoms with Gasteiger partial charge in [0.25, 0.3) is 11.5 Å². The molecule has 1 fully saturated rings. The number of nitrogens with zero attached hydrogens (tertiary/aromatic N) is 4. The Bertz CT molecular complexity index is 1510. The molecule has 2 aromatic heterocycles. The molecule has 1 aliphatic rings. The Kier molecular flexibility index (Phi) is 6.99. The summed E-state index contributed by atoms with van der Waals surface area (Å²) >= 11 is 0. The van der Waals surface area contributed by atoms with E-state index in [1.807, 2.05) is 67.3 Å². The van der Waals surface area contributed by atoms with Crippen LogP contribution in [0, 0.1) is 0 Å². The standard InChI is InChI=1S/C29H33N5O3/c1-3-14-33-25-20-24(30-26(25)28(36)34(15-4-2)29(33)37)21-10-12-22(13-11-21)27(35)32-18-16-31(17-19-32)23-8-6-5-7-9-23/h5-13,20,30H,3-4,14-19H2,1-2H3. The number of piperazine rings is 1. The van der Waals surface area contributed by atoms with E-state index in [4.69, 9.17) is 0 Å². The van der Waals surface area contributed by atoms with Crippen molar-refractivity contribution >= 4 is 22.6 Å². The number of aryl methyl sites for hydroxylation is 1. The number of fused-ring (bicyclic) bond motifs is 1. The zero-order valence-corrected chi connectivity index (χ0v) is 21.4. The molecule has 2 aromatic carbocycles. The maximum atomic E-state index is 13.1. The summed E-state index contributed by atoms with van der Waals surface area (Å²) in [7, 11) is 0. The molecule has 0 unspecified atom stereocenters. The molecule has 1 aliphatic heterocycles. The predicted octanol–water partition coefficient (Wildman–Crippen LogP) is 3.94. The first-order valence-corrected chi connectivity index (χ1v) is 13.1. The summed E-state index contributed by atoms with van der Waals surface area (Å²) in [6.07, 6.45) is 1.49. The number of H-pyrrole nitrogens is 1. The summed E-state index contributed by atoms with van der Waals surface area (Å²) in [6, 6.07) is 19.6. The number of amides is 1. The number of benzene rings is 2. The lowest BCUT2D eigenvalue weighted by atomic mass is 10.1. The number of carbonyl (C=O) groups excluding carboxylic acids is 1. The molecule has 1 amide bonds. The first kappa shape index (κ1) is 24.6. The highest BCUT2D eigenvalue weighted by molar-refractivity contribution is 5.95. The van der Waals surface area contributed by atoms with Crippen molar-refractivity contribution in [1.82, 2.24) is 19.0 Å². The lowest BCUT2D eigenvalue weighted by molar-refractivity contribution is 0.0747. The van der Waals surface area contributed by atoms with Crippen molar-refractivity contribution in [2.75, 3.05) is 31.1 Å². The normalized spacial score (nSPS) is 13.9. The molecular formula is C29H33N5O3. The van der Waals surface area contributed by atoms with Gasteiger partial charge in [0.2, 0.25) is 0 Å². The van der Waals surface area contributed by atoms with E-state index in [1.165, 1.54) is 10.3 Å². The van der Waals surface area contributed by atoms with Crippen molar-refractivity contribution in [2.24, 2.45) is 0 Å². The second kappa shape index (κ2) is 10.5. The van der Waals surface area contributed by atoms with Crippen molar-refractivity contribution in [1.29, 1.82) is 0 Å². The zero-order chi connectivity index (χ0) is 25.9. The van der Waals surface area contributed by atoms with E-state index in [2.05, 4.69) is 22.0 Å². The van der Waals surface area contributed by atoms with Crippen LogP contribution in [-0.2, 0) is 13.1 Å². The fourth-order valence-electron chi connectivity index (χ4n) is 5.09. The Balaban J connectivity index is 1.36. The largest absolute Gasteiger partial charge is 0.368 e. The summed E-state index contributed by atoms with van der Waals surface area (Å²) < 4.78 is 3.00. The fraction of sp³-hybridized carbons (Fsp3) is 0.345. The maximum absolute atomic E-state index is 13.1. The second-order valence-corrected chi connectivity index (χ2v) is 9.53. The van der Waals surface area contributed by atoms with Crippen LogP contribution in [0.25, 0.3) is 22.3 Å². The van der Waals surface area contributed by atoms with Crippen LogP contribution in [-0.4, -0.2) is 51.1 Å². The first-order valence-electron chi connectivity index (χ1n) is 13.1. The Morgan fingerprint density at radius 3 is 2.14 bits per heavy atom. The highest BCUT2D eigenvalue weighted by atomic mass is 16.2. The Morgan fingerprint density at radius 1 is 0.838 bits per heavy atom. The first-order chi connectivity index (χ1) is 18.0. The number of hydrogen-bond donors (Lipinski definition) is 1. The minimum atomic E-state index is -0.290. The van der Waals surface area contributed by atoms with E-state index >= 15 is 0 Å². The average molecular weight is 500 g/mol. The Hall–Kier alpha value is -4.07. The lowest BCUT2D eigenvalue weighted by Crippen LogP contribution is -2.48. The molecule has 4 aromatic rings. The third-order valence-corrected chi connectivity index (χ3v) is 7.03. The van der Waals surface area contributed by atoms with Crippen LogP contribution in [0.4, 0.5) is 5.69 Å². The van der Waals surface area contributed by atoms with Gasteiger partial charge in [0.05, 0.1) is 5.52 Å². The smallest absolute Gasteiger partial charge is 0.331 e.